The Morgan fingerprint density at radius 1 is 1.50 bits per heavy atom. The average molecular weight is 194 g/mol. The van der Waals surface area contributed by atoms with Crippen molar-refractivity contribution in [2.45, 2.75) is 20.0 Å². The third-order valence-corrected chi connectivity index (χ3v) is 1.85. The number of H-pyrrole nitrogens is 1. The van der Waals surface area contributed by atoms with Crippen LogP contribution in [0, 0.1) is 5.82 Å². The van der Waals surface area contributed by atoms with E-state index >= 15 is 0 Å². The highest BCUT2D eigenvalue weighted by Crippen LogP contribution is 2.24. The Morgan fingerprint density at radius 3 is 3.00 bits per heavy atom. The number of ether oxygens (including phenoxy) is 1. The van der Waals surface area contributed by atoms with Crippen LogP contribution >= 0.6 is 0 Å². The number of fused-ring (bicyclic) bond motifs is 1. The molecule has 0 aliphatic rings. The topological polar surface area (TPSA) is 37.9 Å². The lowest BCUT2D eigenvalue weighted by atomic mass is 10.3. The van der Waals surface area contributed by atoms with Crippen LogP contribution in [0.1, 0.15) is 13.8 Å². The van der Waals surface area contributed by atoms with E-state index in [1.807, 2.05) is 13.8 Å². The number of nitrogens with zero attached hydrogens (tertiary/aromatic N) is 1. The maximum atomic E-state index is 13.7. The second-order valence-electron chi connectivity index (χ2n) is 3.34. The average Bonchev–Trinajstić information content (AvgIpc) is 2.57. The van der Waals surface area contributed by atoms with Gasteiger partial charge >= 0.3 is 0 Å². The van der Waals surface area contributed by atoms with Crippen LogP contribution < -0.4 is 4.74 Å². The van der Waals surface area contributed by atoms with Crippen LogP contribution in [0.15, 0.2) is 18.5 Å². The van der Waals surface area contributed by atoms with Gasteiger partial charge in [0.25, 0.3) is 0 Å². The molecule has 0 aromatic carbocycles. The zero-order valence-corrected chi connectivity index (χ0v) is 8.04. The molecule has 2 heterocycles. The summed E-state index contributed by atoms with van der Waals surface area (Å²) in [6, 6.07) is 1.64. The lowest BCUT2D eigenvalue weighted by molar-refractivity contribution is 0.231. The summed E-state index contributed by atoms with van der Waals surface area (Å²) in [7, 11) is 0. The predicted octanol–water partition coefficient (Wildman–Crippen LogP) is 2.49. The molecule has 3 nitrogen and oxygen atoms in total. The first-order valence-electron chi connectivity index (χ1n) is 4.46. The van der Waals surface area contributed by atoms with Crippen LogP contribution in [0.4, 0.5) is 4.39 Å². The fourth-order valence-electron chi connectivity index (χ4n) is 1.29. The summed E-state index contributed by atoms with van der Waals surface area (Å²) in [4.78, 5) is 6.87. The highest BCUT2D eigenvalue weighted by molar-refractivity contribution is 5.77. The number of rotatable bonds is 2. The molecule has 2 rings (SSSR count). The fraction of sp³-hybridized carbons (Fsp3) is 0.300. The van der Waals surface area contributed by atoms with Crippen molar-refractivity contribution in [3.8, 4) is 5.75 Å². The van der Waals surface area contributed by atoms with Gasteiger partial charge in [0, 0.05) is 6.20 Å². The Hall–Kier alpha value is -1.58. The summed E-state index contributed by atoms with van der Waals surface area (Å²) in [5, 5.41) is 0.461. The lowest BCUT2D eigenvalue weighted by Crippen LogP contribution is -2.07. The number of hydrogen-bond donors (Lipinski definition) is 1. The molecule has 0 aliphatic carbocycles. The normalized spacial score (nSPS) is 11.1. The van der Waals surface area contributed by atoms with Gasteiger partial charge in [0.1, 0.15) is 5.65 Å². The number of aromatic nitrogens is 2. The highest BCUT2D eigenvalue weighted by atomic mass is 19.1. The molecule has 0 atom stereocenters. The van der Waals surface area contributed by atoms with Crippen LogP contribution in [0.3, 0.4) is 0 Å². The third kappa shape index (κ3) is 1.43. The molecule has 2 aromatic heterocycles. The zero-order valence-electron chi connectivity index (χ0n) is 8.04. The van der Waals surface area contributed by atoms with Gasteiger partial charge in [0.05, 0.1) is 17.7 Å². The van der Waals surface area contributed by atoms with Gasteiger partial charge in [-0.15, -0.1) is 0 Å². The minimum absolute atomic E-state index is 0.0531. The van der Waals surface area contributed by atoms with Crippen LogP contribution in [-0.2, 0) is 0 Å². The second-order valence-corrected chi connectivity index (χ2v) is 3.34. The van der Waals surface area contributed by atoms with E-state index in [4.69, 9.17) is 4.74 Å². The number of halogens is 1. The molecule has 0 bridgehead atoms. The maximum Gasteiger partial charge on any atom is 0.177 e. The quantitative estimate of drug-likeness (QED) is 0.797. The SMILES string of the molecule is CC(C)Oc1cnc2[nH]ccc2c1F. The summed E-state index contributed by atoms with van der Waals surface area (Å²) in [6.07, 6.45) is 3.00. The molecule has 0 amide bonds. The van der Waals surface area contributed by atoms with Crippen molar-refractivity contribution < 1.29 is 9.13 Å². The van der Waals surface area contributed by atoms with Gasteiger partial charge in [-0.1, -0.05) is 0 Å². The van der Waals surface area contributed by atoms with E-state index in [0.717, 1.165) is 0 Å². The van der Waals surface area contributed by atoms with Gasteiger partial charge in [-0.25, -0.2) is 9.37 Å². The Morgan fingerprint density at radius 2 is 2.29 bits per heavy atom. The van der Waals surface area contributed by atoms with Gasteiger partial charge in [0.15, 0.2) is 11.6 Å². The van der Waals surface area contributed by atoms with Gasteiger partial charge in [-0.3, -0.25) is 0 Å². The number of nitrogens with one attached hydrogen (secondary N) is 1. The molecule has 14 heavy (non-hydrogen) atoms. The molecule has 0 saturated heterocycles. The molecule has 4 heteroatoms. The van der Waals surface area contributed by atoms with Gasteiger partial charge in [0.2, 0.25) is 0 Å². The summed E-state index contributed by atoms with van der Waals surface area (Å²) in [6.45, 7) is 3.70. The first kappa shape index (κ1) is 8.99. The van der Waals surface area contributed by atoms with Crippen molar-refractivity contribution >= 4 is 11.0 Å². The van der Waals surface area contributed by atoms with Crippen molar-refractivity contribution in [3.05, 3.63) is 24.3 Å². The van der Waals surface area contributed by atoms with Crippen molar-refractivity contribution in [3.63, 3.8) is 0 Å². The first-order chi connectivity index (χ1) is 6.68. The van der Waals surface area contributed by atoms with E-state index in [9.17, 15) is 4.39 Å². The fourth-order valence-corrected chi connectivity index (χ4v) is 1.29. The molecule has 74 valence electrons. The van der Waals surface area contributed by atoms with Crippen molar-refractivity contribution in [2.24, 2.45) is 0 Å². The molecule has 2 aromatic rings. The number of pyridine rings is 1. The molecule has 0 fully saturated rings. The molecular weight excluding hydrogens is 183 g/mol. The summed E-state index contributed by atoms with van der Waals surface area (Å²) in [5.74, 6) is -0.156. The molecule has 0 radical (unpaired) electrons. The van der Waals surface area contributed by atoms with Crippen LogP contribution in [0.25, 0.3) is 11.0 Å². The summed E-state index contributed by atoms with van der Waals surface area (Å²) in [5.41, 5.74) is 0.540. The van der Waals surface area contributed by atoms with Crippen molar-refractivity contribution in [2.75, 3.05) is 0 Å². The van der Waals surface area contributed by atoms with Crippen molar-refractivity contribution in [1.82, 2.24) is 9.97 Å². The standard InChI is InChI=1S/C10H11FN2O/c1-6(2)14-8-5-13-10-7(9(8)11)3-4-12-10/h3-6H,1-2H3,(H,12,13). The first-order valence-corrected chi connectivity index (χ1v) is 4.46. The van der Waals surface area contributed by atoms with Crippen molar-refractivity contribution in [1.29, 1.82) is 0 Å². The summed E-state index contributed by atoms with van der Waals surface area (Å²) >= 11 is 0. The van der Waals surface area contributed by atoms with Gasteiger partial charge in [-0.2, -0.15) is 0 Å². The monoisotopic (exact) mass is 194 g/mol. The molecular formula is C10H11FN2O. The van der Waals surface area contributed by atoms with Crippen LogP contribution in [0.5, 0.6) is 5.75 Å². The Bertz CT molecular complexity index is 450. The molecule has 0 unspecified atom stereocenters. The van der Waals surface area contributed by atoms with E-state index in [1.165, 1.54) is 6.20 Å². The Labute approximate surface area is 80.9 Å². The maximum absolute atomic E-state index is 13.7. The summed E-state index contributed by atoms with van der Waals surface area (Å²) < 4.78 is 18.9. The largest absolute Gasteiger partial charge is 0.486 e. The number of hydrogen-bond acceptors (Lipinski definition) is 2. The molecule has 0 saturated carbocycles. The van der Waals surface area contributed by atoms with Crippen LogP contribution in [0.2, 0.25) is 0 Å². The van der Waals surface area contributed by atoms with E-state index in [0.29, 0.717) is 11.0 Å². The highest BCUT2D eigenvalue weighted by Gasteiger charge is 2.10. The predicted molar refractivity (Wildman–Crippen MR) is 51.8 cm³/mol. The second kappa shape index (κ2) is 3.29. The minimum atomic E-state index is -0.357. The number of aromatic amines is 1. The van der Waals surface area contributed by atoms with Gasteiger partial charge in [-0.05, 0) is 19.9 Å². The Kier molecular flexibility index (Phi) is 2.11. The van der Waals surface area contributed by atoms with E-state index < -0.39 is 0 Å². The third-order valence-electron chi connectivity index (χ3n) is 1.85. The minimum Gasteiger partial charge on any atom is -0.486 e. The molecule has 0 aliphatic heterocycles. The molecule has 0 spiro atoms. The van der Waals surface area contributed by atoms with E-state index in [-0.39, 0.29) is 17.7 Å². The lowest BCUT2D eigenvalue weighted by Gasteiger charge is -2.09. The van der Waals surface area contributed by atoms with Gasteiger partial charge < -0.3 is 9.72 Å². The molecule has 1 N–H and O–H groups in total. The Balaban J connectivity index is 2.51. The zero-order chi connectivity index (χ0) is 10.1. The smallest absolute Gasteiger partial charge is 0.177 e. The van der Waals surface area contributed by atoms with E-state index in [1.54, 1.807) is 12.3 Å². The van der Waals surface area contributed by atoms with Crippen LogP contribution in [-0.4, -0.2) is 16.1 Å². The van der Waals surface area contributed by atoms with E-state index in [2.05, 4.69) is 9.97 Å².